The molecule has 1 fully saturated rings. The number of benzene rings is 1. The molecule has 0 bridgehead atoms. The quantitative estimate of drug-likeness (QED) is 0.678. The van der Waals surface area contributed by atoms with E-state index >= 15 is 0 Å². The zero-order chi connectivity index (χ0) is 21.1. The van der Waals surface area contributed by atoms with Crippen molar-refractivity contribution in [3.8, 4) is 16.9 Å². The molecule has 1 saturated heterocycles. The van der Waals surface area contributed by atoms with Gasteiger partial charge in [-0.2, -0.15) is 0 Å². The highest BCUT2D eigenvalue weighted by Crippen LogP contribution is 2.23. The fraction of sp³-hybridized carbons (Fsp3) is 0.227. The van der Waals surface area contributed by atoms with Gasteiger partial charge in [-0.1, -0.05) is 12.1 Å². The zero-order valence-corrected chi connectivity index (χ0v) is 16.2. The number of hydrogen-bond donors (Lipinski definition) is 2. The predicted molar refractivity (Wildman–Crippen MR) is 108 cm³/mol. The van der Waals surface area contributed by atoms with Crippen LogP contribution < -0.4 is 10.5 Å². The Morgan fingerprint density at radius 3 is 2.73 bits per heavy atom. The van der Waals surface area contributed by atoms with Crippen molar-refractivity contribution in [1.82, 2.24) is 14.9 Å². The standard InChI is InChI=1S/C22H21FN4O3/c23-16-5-3-14(4-6-16)15-10-20(26-12-15)22(29)27-9-1-2-18(13-27)30-17-7-8-25-19(11-17)21(24)28/h3-8,10-12,18,26H,1-2,9,13H2,(H2,24,28). The monoisotopic (exact) mass is 408 g/mol. The van der Waals surface area contributed by atoms with Crippen LogP contribution in [0.15, 0.2) is 54.9 Å². The summed E-state index contributed by atoms with van der Waals surface area (Å²) in [6, 6.07) is 11.1. The highest BCUT2D eigenvalue weighted by Gasteiger charge is 2.26. The van der Waals surface area contributed by atoms with Gasteiger partial charge < -0.3 is 20.4 Å². The van der Waals surface area contributed by atoms with Gasteiger partial charge in [0.1, 0.15) is 29.1 Å². The molecule has 3 N–H and O–H groups in total. The maximum atomic E-state index is 13.1. The summed E-state index contributed by atoms with van der Waals surface area (Å²) in [5.74, 6) is -0.549. The third-order valence-electron chi connectivity index (χ3n) is 5.04. The number of amides is 2. The van der Waals surface area contributed by atoms with Gasteiger partial charge in [-0.3, -0.25) is 14.6 Å². The second-order valence-electron chi connectivity index (χ2n) is 7.18. The zero-order valence-electron chi connectivity index (χ0n) is 16.2. The normalized spacial score (nSPS) is 16.3. The molecule has 2 aromatic heterocycles. The molecule has 1 aliphatic heterocycles. The second kappa shape index (κ2) is 8.36. The number of nitrogens with one attached hydrogen (secondary N) is 1. The Balaban J connectivity index is 1.43. The molecule has 3 heterocycles. The summed E-state index contributed by atoms with van der Waals surface area (Å²) in [7, 11) is 0. The smallest absolute Gasteiger partial charge is 0.270 e. The largest absolute Gasteiger partial charge is 0.488 e. The molecule has 1 atom stereocenters. The Kier molecular flexibility index (Phi) is 5.47. The van der Waals surface area contributed by atoms with Crippen molar-refractivity contribution in [2.24, 2.45) is 5.73 Å². The topological polar surface area (TPSA) is 101 Å². The molecule has 154 valence electrons. The molecular weight excluding hydrogens is 387 g/mol. The van der Waals surface area contributed by atoms with Gasteiger partial charge in [-0.05, 0) is 48.2 Å². The fourth-order valence-electron chi connectivity index (χ4n) is 3.53. The molecule has 0 saturated carbocycles. The summed E-state index contributed by atoms with van der Waals surface area (Å²) in [5.41, 5.74) is 7.51. The lowest BCUT2D eigenvalue weighted by molar-refractivity contribution is 0.0533. The number of rotatable bonds is 5. The van der Waals surface area contributed by atoms with Gasteiger partial charge in [0, 0.05) is 25.0 Å². The van der Waals surface area contributed by atoms with Crippen LogP contribution in [0, 0.1) is 5.82 Å². The Morgan fingerprint density at radius 1 is 1.17 bits per heavy atom. The van der Waals surface area contributed by atoms with Crippen molar-refractivity contribution in [2.75, 3.05) is 13.1 Å². The van der Waals surface area contributed by atoms with Crippen molar-refractivity contribution in [3.63, 3.8) is 0 Å². The Hall–Kier alpha value is -3.68. The van der Waals surface area contributed by atoms with Gasteiger partial charge in [-0.25, -0.2) is 4.39 Å². The van der Waals surface area contributed by atoms with Crippen LogP contribution in [0.5, 0.6) is 5.75 Å². The van der Waals surface area contributed by atoms with E-state index in [1.54, 1.807) is 35.4 Å². The molecule has 1 aliphatic rings. The van der Waals surface area contributed by atoms with E-state index < -0.39 is 5.91 Å². The van der Waals surface area contributed by atoms with Crippen LogP contribution in [-0.4, -0.2) is 45.9 Å². The first-order valence-electron chi connectivity index (χ1n) is 9.66. The maximum Gasteiger partial charge on any atom is 0.270 e. The van der Waals surface area contributed by atoms with Gasteiger partial charge in [0.15, 0.2) is 0 Å². The van der Waals surface area contributed by atoms with Crippen molar-refractivity contribution in [2.45, 2.75) is 18.9 Å². The summed E-state index contributed by atoms with van der Waals surface area (Å²) in [5, 5.41) is 0. The highest BCUT2D eigenvalue weighted by atomic mass is 19.1. The minimum absolute atomic E-state index is 0.121. The van der Waals surface area contributed by atoms with Crippen LogP contribution in [0.1, 0.15) is 33.8 Å². The molecule has 7 nitrogen and oxygen atoms in total. The SMILES string of the molecule is NC(=O)c1cc(OC2CCCN(C(=O)c3cc(-c4ccc(F)cc4)c[nH]3)C2)ccn1. The van der Waals surface area contributed by atoms with E-state index in [0.29, 0.717) is 24.5 Å². The Bertz CT molecular complexity index is 1060. The number of piperidine rings is 1. The number of primary amides is 1. The van der Waals surface area contributed by atoms with E-state index in [2.05, 4.69) is 9.97 Å². The van der Waals surface area contributed by atoms with E-state index in [1.807, 2.05) is 0 Å². The first-order chi connectivity index (χ1) is 14.5. The maximum absolute atomic E-state index is 13.1. The average Bonchev–Trinajstić information content (AvgIpc) is 3.24. The fourth-order valence-corrected chi connectivity index (χ4v) is 3.53. The molecule has 1 unspecified atom stereocenters. The van der Waals surface area contributed by atoms with E-state index in [9.17, 15) is 14.0 Å². The number of aromatic nitrogens is 2. The van der Waals surface area contributed by atoms with Crippen LogP contribution in [-0.2, 0) is 0 Å². The first kappa shape index (κ1) is 19.6. The summed E-state index contributed by atoms with van der Waals surface area (Å²) < 4.78 is 19.1. The third-order valence-corrected chi connectivity index (χ3v) is 5.04. The lowest BCUT2D eigenvalue weighted by Crippen LogP contribution is -2.44. The number of nitrogens with two attached hydrogens (primary N) is 1. The lowest BCUT2D eigenvalue weighted by atomic mass is 10.1. The minimum atomic E-state index is -0.621. The molecule has 30 heavy (non-hydrogen) atoms. The molecule has 2 amide bonds. The minimum Gasteiger partial charge on any atom is -0.488 e. The molecule has 3 aromatic rings. The first-order valence-corrected chi connectivity index (χ1v) is 9.66. The van der Waals surface area contributed by atoms with Gasteiger partial charge in [0.05, 0.1) is 6.54 Å². The van der Waals surface area contributed by atoms with E-state index in [1.165, 1.54) is 24.4 Å². The summed E-state index contributed by atoms with van der Waals surface area (Å²) in [6.07, 6.45) is 4.61. The number of carbonyl (C=O) groups is 2. The number of aromatic amines is 1. The lowest BCUT2D eigenvalue weighted by Gasteiger charge is -2.32. The molecule has 8 heteroatoms. The van der Waals surface area contributed by atoms with Crippen LogP contribution >= 0.6 is 0 Å². The van der Waals surface area contributed by atoms with Crippen molar-refractivity contribution in [1.29, 1.82) is 0 Å². The second-order valence-corrected chi connectivity index (χ2v) is 7.18. The molecule has 4 rings (SSSR count). The van der Waals surface area contributed by atoms with E-state index in [-0.39, 0.29) is 23.5 Å². The van der Waals surface area contributed by atoms with Gasteiger partial charge in [0.25, 0.3) is 11.8 Å². The molecule has 0 radical (unpaired) electrons. The highest BCUT2D eigenvalue weighted by molar-refractivity contribution is 5.94. The number of ether oxygens (including phenoxy) is 1. The number of nitrogens with zero attached hydrogens (tertiary/aromatic N) is 2. The molecule has 0 spiro atoms. The number of pyridine rings is 1. The summed E-state index contributed by atoms with van der Waals surface area (Å²) >= 11 is 0. The van der Waals surface area contributed by atoms with E-state index in [0.717, 1.165) is 24.0 Å². The Labute approximate surface area is 172 Å². The number of likely N-dealkylation sites (tertiary alicyclic amines) is 1. The Morgan fingerprint density at radius 2 is 1.97 bits per heavy atom. The van der Waals surface area contributed by atoms with Crippen molar-refractivity contribution in [3.05, 3.63) is 72.1 Å². The number of carbonyl (C=O) groups excluding carboxylic acids is 2. The summed E-state index contributed by atoms with van der Waals surface area (Å²) in [6.45, 7) is 1.06. The average molecular weight is 408 g/mol. The third kappa shape index (κ3) is 4.32. The van der Waals surface area contributed by atoms with Crippen molar-refractivity contribution < 1.29 is 18.7 Å². The molecule has 0 aliphatic carbocycles. The van der Waals surface area contributed by atoms with Crippen LogP contribution in [0.25, 0.3) is 11.1 Å². The van der Waals surface area contributed by atoms with Crippen molar-refractivity contribution >= 4 is 11.8 Å². The van der Waals surface area contributed by atoms with Gasteiger partial charge in [0.2, 0.25) is 0 Å². The predicted octanol–water partition coefficient (Wildman–Crippen LogP) is 3.00. The number of halogens is 1. The van der Waals surface area contributed by atoms with Gasteiger partial charge >= 0.3 is 0 Å². The molecular formula is C22H21FN4O3. The number of H-pyrrole nitrogens is 1. The van der Waals surface area contributed by atoms with Crippen LogP contribution in [0.3, 0.4) is 0 Å². The summed E-state index contributed by atoms with van der Waals surface area (Å²) in [4.78, 5) is 32.9. The van der Waals surface area contributed by atoms with E-state index in [4.69, 9.17) is 10.5 Å². The van der Waals surface area contributed by atoms with Gasteiger partial charge in [-0.15, -0.1) is 0 Å². The number of hydrogen-bond acceptors (Lipinski definition) is 4. The van der Waals surface area contributed by atoms with Crippen LogP contribution in [0.2, 0.25) is 0 Å². The molecule has 1 aromatic carbocycles. The van der Waals surface area contributed by atoms with Crippen LogP contribution in [0.4, 0.5) is 4.39 Å².